The van der Waals surface area contributed by atoms with Crippen LogP contribution in [0.25, 0.3) is 6.08 Å². The van der Waals surface area contributed by atoms with Crippen LogP contribution in [0.1, 0.15) is 59.4 Å². The third-order valence-electron chi connectivity index (χ3n) is 3.78. The first-order valence-corrected chi connectivity index (χ1v) is 12.7. The summed E-state index contributed by atoms with van der Waals surface area (Å²) in [6, 6.07) is 9.78. The Morgan fingerprint density at radius 2 is 1.75 bits per heavy atom. The van der Waals surface area contributed by atoms with Gasteiger partial charge in [0.05, 0.1) is 10.7 Å². The smallest absolute Gasteiger partial charge is 0.243 e. The van der Waals surface area contributed by atoms with Gasteiger partial charge >= 0.3 is 0 Å². The number of carbonyl (C=O) groups is 1. The molecule has 1 amide bonds. The zero-order valence-electron chi connectivity index (χ0n) is 22.8. The number of rotatable bonds is 8. The van der Waals surface area contributed by atoms with Crippen molar-refractivity contribution in [2.24, 2.45) is 5.73 Å². The molecule has 0 aliphatic heterocycles. The van der Waals surface area contributed by atoms with Crippen LogP contribution in [0.15, 0.2) is 76.8 Å². The number of aromatic nitrogens is 2. The van der Waals surface area contributed by atoms with Crippen molar-refractivity contribution in [3.05, 3.63) is 82.3 Å². The van der Waals surface area contributed by atoms with Crippen LogP contribution >= 0.6 is 15.9 Å². The highest BCUT2D eigenvalue weighted by molar-refractivity contribution is 9.10. The van der Waals surface area contributed by atoms with Gasteiger partial charge in [-0.05, 0) is 86.6 Å². The number of aliphatic hydroxyl groups excluding tert-OH is 1. The van der Waals surface area contributed by atoms with Gasteiger partial charge in [0.15, 0.2) is 0 Å². The molecule has 0 saturated heterocycles. The minimum atomic E-state index is -0.0549. The van der Waals surface area contributed by atoms with E-state index in [1.54, 1.807) is 18.3 Å². The third-order valence-corrected chi connectivity index (χ3v) is 4.19. The Bertz CT molecular complexity index is 858. The van der Waals surface area contributed by atoms with Crippen molar-refractivity contribution >= 4 is 34.6 Å². The lowest BCUT2D eigenvalue weighted by atomic mass is 10.2. The van der Waals surface area contributed by atoms with Crippen LogP contribution in [0.5, 0.6) is 0 Å². The molecular formula is C28H46BrN5O2. The number of nitrogens with one attached hydrogen (secondary N) is 2. The van der Waals surface area contributed by atoms with Crippen LogP contribution in [0.2, 0.25) is 0 Å². The highest BCUT2D eigenvalue weighted by Crippen LogP contribution is 2.07. The predicted molar refractivity (Wildman–Crippen MR) is 159 cm³/mol. The quantitative estimate of drug-likeness (QED) is 0.0915. The average Bonchev–Trinajstić information content (AvgIpc) is 3.31. The van der Waals surface area contributed by atoms with Gasteiger partial charge in [-0.3, -0.25) is 9.48 Å². The summed E-state index contributed by atoms with van der Waals surface area (Å²) < 4.78 is 2.88. The number of amides is 1. The Kier molecular flexibility index (Phi) is 29.5. The van der Waals surface area contributed by atoms with Gasteiger partial charge in [0.2, 0.25) is 5.91 Å². The molecule has 0 bridgehead atoms. The van der Waals surface area contributed by atoms with Gasteiger partial charge in [0.1, 0.15) is 5.76 Å². The molecule has 2 rings (SSSR count). The Morgan fingerprint density at radius 3 is 2.19 bits per heavy atom. The van der Waals surface area contributed by atoms with Gasteiger partial charge in [-0.1, -0.05) is 56.7 Å². The number of hydrogen-bond donors (Lipinski definition) is 4. The molecule has 202 valence electrons. The maximum Gasteiger partial charge on any atom is 0.243 e. The van der Waals surface area contributed by atoms with Crippen molar-refractivity contribution in [1.82, 2.24) is 15.1 Å². The molecule has 0 radical (unpaired) electrons. The molecule has 2 aromatic rings. The summed E-state index contributed by atoms with van der Waals surface area (Å²) in [4.78, 5) is 11.6. The van der Waals surface area contributed by atoms with Crippen molar-refractivity contribution in [2.75, 3.05) is 13.6 Å². The second kappa shape index (κ2) is 28.3. The molecule has 0 saturated carbocycles. The van der Waals surface area contributed by atoms with Crippen molar-refractivity contribution in [1.29, 1.82) is 5.41 Å². The molecule has 1 aromatic carbocycles. The van der Waals surface area contributed by atoms with Crippen LogP contribution in [-0.4, -0.2) is 41.1 Å². The van der Waals surface area contributed by atoms with E-state index in [-0.39, 0.29) is 5.91 Å². The van der Waals surface area contributed by atoms with E-state index >= 15 is 0 Å². The number of allylic oxidation sites excluding steroid dienone is 3. The number of benzene rings is 1. The molecule has 36 heavy (non-hydrogen) atoms. The lowest BCUT2D eigenvalue weighted by Gasteiger charge is -2.03. The molecule has 0 unspecified atom stereocenters. The fourth-order valence-electron chi connectivity index (χ4n) is 2.19. The van der Waals surface area contributed by atoms with Crippen molar-refractivity contribution < 1.29 is 9.90 Å². The highest BCUT2D eigenvalue weighted by Gasteiger charge is 1.97. The fraction of sp³-hybridized carbons (Fsp3) is 0.393. The number of nitrogens with zero attached hydrogens (tertiary/aromatic N) is 2. The van der Waals surface area contributed by atoms with Crippen LogP contribution < -0.4 is 11.1 Å². The molecule has 8 heteroatoms. The molecule has 0 fully saturated rings. The van der Waals surface area contributed by atoms with E-state index in [2.05, 4.69) is 52.6 Å². The van der Waals surface area contributed by atoms with Gasteiger partial charge in [-0.2, -0.15) is 5.10 Å². The number of carbonyl (C=O) groups excluding carboxylic acids is 1. The Morgan fingerprint density at radius 1 is 1.17 bits per heavy atom. The molecule has 5 N–H and O–H groups in total. The average molecular weight is 565 g/mol. The van der Waals surface area contributed by atoms with Crippen LogP contribution in [0, 0.1) is 5.41 Å². The largest absolute Gasteiger partial charge is 0.508 e. The van der Waals surface area contributed by atoms with Crippen molar-refractivity contribution in [2.45, 2.75) is 60.4 Å². The van der Waals surface area contributed by atoms with E-state index in [0.717, 1.165) is 35.0 Å². The summed E-state index contributed by atoms with van der Waals surface area (Å²) in [6.45, 7) is 13.9. The molecule has 0 aliphatic rings. The topological polar surface area (TPSA) is 117 Å². The van der Waals surface area contributed by atoms with E-state index < -0.39 is 0 Å². The van der Waals surface area contributed by atoms with E-state index in [0.29, 0.717) is 12.3 Å². The highest BCUT2D eigenvalue weighted by atomic mass is 79.9. The summed E-state index contributed by atoms with van der Waals surface area (Å²) in [5, 5.41) is 21.5. The van der Waals surface area contributed by atoms with Gasteiger partial charge < -0.3 is 21.6 Å². The van der Waals surface area contributed by atoms with Gasteiger partial charge in [0, 0.05) is 25.4 Å². The predicted octanol–water partition coefficient (Wildman–Crippen LogP) is 6.93. The van der Waals surface area contributed by atoms with E-state index in [9.17, 15) is 4.79 Å². The Hall–Kier alpha value is -2.97. The van der Waals surface area contributed by atoms with Gasteiger partial charge in [0.25, 0.3) is 0 Å². The number of unbranched alkanes of at least 4 members (excludes halogenated alkanes) is 1. The maximum absolute atomic E-state index is 11.6. The molecule has 0 aliphatic carbocycles. The lowest BCUT2D eigenvalue weighted by Crippen LogP contribution is -2.22. The van der Waals surface area contributed by atoms with Crippen LogP contribution in [-0.2, 0) is 11.3 Å². The van der Waals surface area contributed by atoms with Crippen molar-refractivity contribution in [3.8, 4) is 0 Å². The zero-order valence-corrected chi connectivity index (χ0v) is 24.4. The van der Waals surface area contributed by atoms with Gasteiger partial charge in [-0.15, -0.1) is 0 Å². The van der Waals surface area contributed by atoms with Gasteiger partial charge in [-0.25, -0.2) is 0 Å². The monoisotopic (exact) mass is 563 g/mol. The van der Waals surface area contributed by atoms with Crippen molar-refractivity contribution in [3.63, 3.8) is 0 Å². The summed E-state index contributed by atoms with van der Waals surface area (Å²) in [7, 11) is 1.50. The second-order valence-corrected chi connectivity index (χ2v) is 8.17. The summed E-state index contributed by atoms with van der Waals surface area (Å²) in [6.07, 6.45) is 13.8. The number of halogens is 1. The lowest BCUT2D eigenvalue weighted by molar-refractivity contribution is -0.116. The summed E-state index contributed by atoms with van der Waals surface area (Å²) in [5.41, 5.74) is 6.47. The van der Waals surface area contributed by atoms with E-state index in [4.69, 9.17) is 10.5 Å². The zero-order chi connectivity index (χ0) is 28.2. The summed E-state index contributed by atoms with van der Waals surface area (Å²) in [5.74, 6) is 0.313. The minimum Gasteiger partial charge on any atom is -0.508 e. The summed E-state index contributed by atoms with van der Waals surface area (Å²) >= 11 is 3.36. The van der Waals surface area contributed by atoms with Crippen LogP contribution in [0.3, 0.4) is 0 Å². The molecule has 0 atom stereocenters. The van der Waals surface area contributed by atoms with Crippen LogP contribution in [0.4, 0.5) is 0 Å². The normalized spacial score (nSPS) is 9.33. The third kappa shape index (κ3) is 24.2. The maximum atomic E-state index is 11.6. The molecular weight excluding hydrogens is 518 g/mol. The minimum absolute atomic E-state index is 0.0549. The number of aryl methyl sites for hydroxylation is 1. The molecule has 1 heterocycles. The number of nitrogens with two attached hydrogens (primary N) is 1. The molecule has 1 aromatic heterocycles. The SMILES string of the molecule is C/C=C\C(O)=C(C)C.C=N.CCC.CN.O=C(/C=C/c1ccccc1)NCCCCn1cc(Br)cn1. The first-order valence-electron chi connectivity index (χ1n) is 11.9. The van der Waals surface area contributed by atoms with E-state index in [1.807, 2.05) is 74.1 Å². The Balaban J connectivity index is -0.000000606. The number of aliphatic hydroxyl groups is 1. The number of hydrogen-bond acceptors (Lipinski definition) is 5. The first kappa shape index (κ1) is 37.6. The molecule has 7 nitrogen and oxygen atoms in total. The molecule has 0 spiro atoms. The standard InChI is InChI=1S/C16H18BrN3O.C7H12O.C3H8.CH5N.CH3N/c17-15-12-19-20(13-15)11-5-4-10-18-16(21)9-8-14-6-2-1-3-7-14;1-4-5-7(8)6(2)3;1-3-2;2*1-2/h1-3,6-9,12-13H,4-5,10-11H2,(H,18,21);4-5,8H,1-3H3;3H2,1-2H3;2H2,1H3;2H,1H2/b9-8+;5-4-;;;. The van der Waals surface area contributed by atoms with E-state index in [1.165, 1.54) is 13.5 Å². The Labute approximate surface area is 226 Å². The second-order valence-electron chi connectivity index (χ2n) is 7.26. The first-order chi connectivity index (χ1) is 17.3. The fourth-order valence-corrected chi connectivity index (χ4v) is 2.52.